The van der Waals surface area contributed by atoms with E-state index < -0.39 is 5.41 Å². The fourth-order valence-corrected chi connectivity index (χ4v) is 4.12. The topological polar surface area (TPSA) is 127 Å². The maximum atomic E-state index is 12.1. The number of hydrogen-bond donors (Lipinski definition) is 3. The molecule has 35 heavy (non-hydrogen) atoms. The average molecular weight is 472 g/mol. The quantitative estimate of drug-likeness (QED) is 0.480. The van der Waals surface area contributed by atoms with Gasteiger partial charge in [0.15, 0.2) is 0 Å². The molecule has 1 amide bonds. The summed E-state index contributed by atoms with van der Waals surface area (Å²) in [6.45, 7) is 4.45. The van der Waals surface area contributed by atoms with Gasteiger partial charge in [-0.1, -0.05) is 6.92 Å². The first-order valence-electron chi connectivity index (χ1n) is 11.4. The van der Waals surface area contributed by atoms with Gasteiger partial charge in [-0.25, -0.2) is 9.97 Å². The Kier molecular flexibility index (Phi) is 6.67. The molecule has 1 aliphatic rings. The van der Waals surface area contributed by atoms with Crippen molar-refractivity contribution in [1.29, 1.82) is 5.26 Å². The first kappa shape index (κ1) is 24.1. The fourth-order valence-electron chi connectivity index (χ4n) is 4.12. The number of aromatic nitrogens is 3. The lowest BCUT2D eigenvalue weighted by atomic mass is 9.83. The van der Waals surface area contributed by atoms with Crippen LogP contribution in [0, 0.1) is 18.3 Å². The minimum atomic E-state index is -0.475. The number of nitriles is 1. The molecule has 0 radical (unpaired) electrons. The van der Waals surface area contributed by atoms with Crippen molar-refractivity contribution in [2.45, 2.75) is 32.1 Å². The van der Waals surface area contributed by atoms with Crippen LogP contribution in [0.1, 0.15) is 35.7 Å². The zero-order chi connectivity index (χ0) is 25.2. The van der Waals surface area contributed by atoms with Crippen LogP contribution in [0.3, 0.4) is 0 Å². The number of aryl methyl sites for hydroxylation is 2. The van der Waals surface area contributed by atoms with E-state index in [0.717, 1.165) is 33.8 Å². The maximum absolute atomic E-state index is 12.1. The van der Waals surface area contributed by atoms with Crippen molar-refractivity contribution >= 4 is 23.2 Å². The van der Waals surface area contributed by atoms with E-state index in [2.05, 4.69) is 31.7 Å². The molecule has 1 aliphatic heterocycles. The van der Waals surface area contributed by atoms with Crippen LogP contribution in [0.2, 0.25) is 0 Å². The number of hydrogen-bond acceptors (Lipinski definition) is 8. The van der Waals surface area contributed by atoms with Gasteiger partial charge in [0.05, 0.1) is 34.9 Å². The molecule has 3 N–H and O–H groups in total. The molecule has 0 spiro atoms. The summed E-state index contributed by atoms with van der Waals surface area (Å²) in [5.41, 5.74) is 5.61. The fraction of sp³-hybridized carbons (Fsp3) is 0.346. The van der Waals surface area contributed by atoms with Crippen LogP contribution in [-0.2, 0) is 16.6 Å². The number of anilines is 3. The van der Waals surface area contributed by atoms with Crippen molar-refractivity contribution in [2.24, 2.45) is 0 Å². The lowest BCUT2D eigenvalue weighted by Crippen LogP contribution is -2.28. The number of benzene rings is 1. The summed E-state index contributed by atoms with van der Waals surface area (Å²) < 4.78 is 0. The molecule has 0 bridgehead atoms. The van der Waals surface area contributed by atoms with E-state index in [1.807, 2.05) is 26.0 Å². The molecule has 0 fully saturated rings. The molecule has 1 unspecified atom stereocenters. The van der Waals surface area contributed by atoms with Crippen LogP contribution in [-0.4, -0.2) is 58.1 Å². The van der Waals surface area contributed by atoms with Gasteiger partial charge in [-0.2, -0.15) is 5.26 Å². The molecular formula is C26H29N7O2. The van der Waals surface area contributed by atoms with Gasteiger partial charge in [-0.15, -0.1) is 0 Å². The minimum absolute atomic E-state index is 0.0304. The average Bonchev–Trinajstić information content (AvgIpc) is 3.20. The normalized spacial score (nSPS) is 16.2. The highest BCUT2D eigenvalue weighted by molar-refractivity contribution is 5.77. The molecule has 0 aliphatic carbocycles. The molecule has 0 saturated heterocycles. The number of rotatable bonds is 7. The number of nitrogens with one attached hydrogen (secondary N) is 2. The smallest absolute Gasteiger partial charge is 0.227 e. The molecule has 0 saturated carbocycles. The van der Waals surface area contributed by atoms with Gasteiger partial charge in [0.25, 0.3) is 0 Å². The van der Waals surface area contributed by atoms with E-state index >= 15 is 0 Å². The first-order valence-corrected chi connectivity index (χ1v) is 11.4. The molecule has 9 nitrogen and oxygen atoms in total. The van der Waals surface area contributed by atoms with E-state index in [0.29, 0.717) is 36.6 Å². The van der Waals surface area contributed by atoms with Gasteiger partial charge in [-0.05, 0) is 42.3 Å². The van der Waals surface area contributed by atoms with Gasteiger partial charge >= 0.3 is 0 Å². The number of carbonyl (C=O) groups is 1. The Morgan fingerprint density at radius 2 is 2.11 bits per heavy atom. The lowest BCUT2D eigenvalue weighted by molar-refractivity contribution is -0.128. The Bertz CT molecular complexity index is 1320. The van der Waals surface area contributed by atoms with Gasteiger partial charge < -0.3 is 20.6 Å². The second-order valence-electron chi connectivity index (χ2n) is 9.32. The number of amides is 1. The SMILES string of the molecule is Cc1cnc(CCC(=O)N(C)C)c(Nc2nccc(-c3cc(C#N)c4c(c3)C(C)(CO)CN4)n2)c1. The number of fused-ring (bicyclic) bond motifs is 1. The standard InChI is InChI=1S/C26H29N7O2/c1-16-9-22(21(29-13-16)5-6-23(35)33(3)4)32-25-28-8-7-20(31-25)17-10-18(12-27)24-19(11-17)26(2,15-34)14-30-24/h7-11,13,30,34H,5-6,14-15H2,1-4H3,(H,28,31,32). The maximum Gasteiger partial charge on any atom is 0.227 e. The Balaban J connectivity index is 1.66. The number of aliphatic hydroxyl groups excluding tert-OH is 1. The third kappa shape index (κ3) is 4.93. The van der Waals surface area contributed by atoms with E-state index in [4.69, 9.17) is 0 Å². The summed E-state index contributed by atoms with van der Waals surface area (Å²) in [7, 11) is 3.47. The predicted molar refractivity (Wildman–Crippen MR) is 134 cm³/mol. The summed E-state index contributed by atoms with van der Waals surface area (Å²) >= 11 is 0. The summed E-state index contributed by atoms with van der Waals surface area (Å²) in [5, 5.41) is 26.2. The lowest BCUT2D eigenvalue weighted by Gasteiger charge is -2.21. The van der Waals surface area contributed by atoms with E-state index in [1.54, 1.807) is 43.5 Å². The monoisotopic (exact) mass is 471 g/mol. The molecular weight excluding hydrogens is 442 g/mol. The Morgan fingerprint density at radius 3 is 2.83 bits per heavy atom. The zero-order valence-corrected chi connectivity index (χ0v) is 20.4. The number of nitrogens with zero attached hydrogens (tertiary/aromatic N) is 5. The van der Waals surface area contributed by atoms with Gasteiger partial charge in [-0.3, -0.25) is 9.78 Å². The van der Waals surface area contributed by atoms with Crippen molar-refractivity contribution < 1.29 is 9.90 Å². The highest BCUT2D eigenvalue weighted by atomic mass is 16.3. The van der Waals surface area contributed by atoms with E-state index in [9.17, 15) is 15.2 Å². The van der Waals surface area contributed by atoms with Crippen molar-refractivity contribution in [2.75, 3.05) is 37.9 Å². The summed E-state index contributed by atoms with van der Waals surface area (Å²) in [6, 6.07) is 9.78. The van der Waals surface area contributed by atoms with E-state index in [-0.39, 0.29) is 12.5 Å². The van der Waals surface area contributed by atoms with Gasteiger partial charge in [0.2, 0.25) is 11.9 Å². The molecule has 180 valence electrons. The van der Waals surface area contributed by atoms with Crippen LogP contribution in [0.15, 0.2) is 36.7 Å². The van der Waals surface area contributed by atoms with Crippen molar-refractivity contribution in [1.82, 2.24) is 19.9 Å². The third-order valence-corrected chi connectivity index (χ3v) is 6.29. The molecule has 9 heteroatoms. The second-order valence-corrected chi connectivity index (χ2v) is 9.32. The van der Waals surface area contributed by atoms with E-state index in [1.165, 1.54) is 0 Å². The van der Waals surface area contributed by atoms with Crippen molar-refractivity contribution in [3.63, 3.8) is 0 Å². The second kappa shape index (κ2) is 9.68. The molecule has 2 aromatic heterocycles. The summed E-state index contributed by atoms with van der Waals surface area (Å²) in [5.74, 6) is 0.419. The zero-order valence-electron chi connectivity index (χ0n) is 20.4. The summed E-state index contributed by atoms with van der Waals surface area (Å²) in [6.07, 6.45) is 4.27. The van der Waals surface area contributed by atoms with Crippen molar-refractivity contribution in [3.05, 3.63) is 59.0 Å². The third-order valence-electron chi connectivity index (χ3n) is 6.29. The largest absolute Gasteiger partial charge is 0.395 e. The minimum Gasteiger partial charge on any atom is -0.395 e. The number of aliphatic hydroxyl groups is 1. The van der Waals surface area contributed by atoms with Crippen LogP contribution in [0.25, 0.3) is 11.3 Å². The molecule has 3 heterocycles. The highest BCUT2D eigenvalue weighted by Crippen LogP contribution is 2.41. The molecule has 1 aromatic carbocycles. The van der Waals surface area contributed by atoms with Crippen molar-refractivity contribution in [3.8, 4) is 17.3 Å². The summed E-state index contributed by atoms with van der Waals surface area (Å²) in [4.78, 5) is 27.2. The Morgan fingerprint density at radius 1 is 1.31 bits per heavy atom. The Labute approximate surface area is 204 Å². The first-order chi connectivity index (χ1) is 16.7. The predicted octanol–water partition coefficient (Wildman–Crippen LogP) is 3.16. The molecule has 3 aromatic rings. The van der Waals surface area contributed by atoms with Crippen LogP contribution in [0.5, 0.6) is 0 Å². The molecule has 1 atom stereocenters. The number of carbonyl (C=O) groups excluding carboxylic acids is 1. The van der Waals surface area contributed by atoms with Crippen LogP contribution >= 0.6 is 0 Å². The highest BCUT2D eigenvalue weighted by Gasteiger charge is 2.36. The van der Waals surface area contributed by atoms with Crippen LogP contribution in [0.4, 0.5) is 17.3 Å². The number of pyridine rings is 1. The van der Waals surface area contributed by atoms with Gasteiger partial charge in [0, 0.05) is 56.9 Å². The van der Waals surface area contributed by atoms with Gasteiger partial charge in [0.1, 0.15) is 6.07 Å². The molecule has 4 rings (SSSR count). The van der Waals surface area contributed by atoms with Crippen LogP contribution < -0.4 is 10.6 Å². The Hall–Kier alpha value is -4.03.